The summed E-state index contributed by atoms with van der Waals surface area (Å²) in [7, 11) is 1.57. The van der Waals surface area contributed by atoms with Gasteiger partial charge in [0.05, 0.1) is 31.1 Å². The Morgan fingerprint density at radius 1 is 1.24 bits per heavy atom. The van der Waals surface area contributed by atoms with Crippen LogP contribution in [0.1, 0.15) is 48.7 Å². The van der Waals surface area contributed by atoms with Crippen molar-refractivity contribution in [3.63, 3.8) is 0 Å². The number of fused-ring (bicyclic) bond motifs is 1. The van der Waals surface area contributed by atoms with Crippen molar-refractivity contribution < 1.29 is 19.1 Å². The van der Waals surface area contributed by atoms with E-state index in [0.717, 1.165) is 39.1 Å². The molecule has 2 N–H and O–H groups in total. The molecule has 2 aromatic heterocycles. The number of hydrogen-bond acceptors (Lipinski definition) is 8. The van der Waals surface area contributed by atoms with Crippen LogP contribution in [0.5, 0.6) is 0 Å². The highest BCUT2D eigenvalue weighted by atomic mass is 32.1. The molecule has 2 amide bonds. The number of likely N-dealkylation sites (tertiary alicyclic amines) is 1. The molecule has 0 saturated carbocycles. The number of piperidine rings is 1. The third kappa shape index (κ3) is 5.37. The van der Waals surface area contributed by atoms with E-state index in [4.69, 9.17) is 20.3 Å². The topological polar surface area (TPSA) is 115 Å². The maximum Gasteiger partial charge on any atom is 0.410 e. The zero-order valence-corrected chi connectivity index (χ0v) is 20.5. The molecular formula is C23H30N6O4S. The molecule has 1 fully saturated rings. The number of ether oxygens (including phenoxy) is 2. The second-order valence-corrected chi connectivity index (χ2v) is 9.52. The molecule has 0 aliphatic carbocycles. The normalized spacial score (nSPS) is 14.7. The highest BCUT2D eigenvalue weighted by molar-refractivity contribution is 7.19. The van der Waals surface area contributed by atoms with E-state index in [1.54, 1.807) is 28.7 Å². The average Bonchev–Trinajstić information content (AvgIpc) is 3.41. The van der Waals surface area contributed by atoms with Crippen LogP contribution in [0, 0.1) is 0 Å². The van der Waals surface area contributed by atoms with Crippen molar-refractivity contribution in [2.24, 2.45) is 5.84 Å². The second-order valence-electron chi connectivity index (χ2n) is 8.56. The Morgan fingerprint density at radius 2 is 1.94 bits per heavy atom. The number of carbonyl (C=O) groups is 2. The molecule has 0 unspecified atom stereocenters. The van der Waals surface area contributed by atoms with Crippen LogP contribution in [-0.2, 0) is 9.47 Å². The molecule has 182 valence electrons. The molecule has 0 atom stereocenters. The lowest BCUT2D eigenvalue weighted by Crippen LogP contribution is -2.39. The van der Waals surface area contributed by atoms with Crippen molar-refractivity contribution in [1.29, 1.82) is 0 Å². The number of rotatable bonds is 7. The first kappa shape index (κ1) is 24.1. The van der Waals surface area contributed by atoms with Gasteiger partial charge < -0.3 is 14.4 Å². The monoisotopic (exact) mass is 486 g/mol. The molecule has 10 nitrogen and oxygen atoms in total. The fourth-order valence-electron chi connectivity index (χ4n) is 3.88. The minimum Gasteiger partial charge on any atom is -0.447 e. The van der Waals surface area contributed by atoms with E-state index in [2.05, 4.69) is 5.10 Å². The highest BCUT2D eigenvalue weighted by Gasteiger charge is 2.27. The van der Waals surface area contributed by atoms with E-state index in [1.807, 2.05) is 32.2 Å². The number of nitrogens with zero attached hydrogens (tertiary/aromatic N) is 5. The first-order valence-electron chi connectivity index (χ1n) is 11.3. The maximum atomic E-state index is 12.4. The van der Waals surface area contributed by atoms with E-state index in [1.165, 1.54) is 11.3 Å². The lowest BCUT2D eigenvalue weighted by molar-refractivity contribution is 0.0685. The molecule has 1 saturated heterocycles. The number of methoxy groups -OCH3 is 1. The summed E-state index contributed by atoms with van der Waals surface area (Å²) in [4.78, 5) is 31.9. The number of carbonyl (C=O) groups excluding carboxylic acids is 2. The SMILES string of the molecule is COCCN(N)C(=O)c1ccc(-c2nn3cc(C4CCN(C(=O)OC(C)C)CC4)nc3s2)cc1. The Balaban J connectivity index is 1.39. The van der Waals surface area contributed by atoms with Crippen LogP contribution in [0.3, 0.4) is 0 Å². The van der Waals surface area contributed by atoms with Crippen molar-refractivity contribution in [2.75, 3.05) is 33.4 Å². The van der Waals surface area contributed by atoms with Gasteiger partial charge in [-0.05, 0) is 38.8 Å². The Hall–Kier alpha value is -3.02. The van der Waals surface area contributed by atoms with Crippen molar-refractivity contribution in [3.8, 4) is 10.6 Å². The standard InChI is InChI=1S/C23H30N6O4S/c1-15(2)33-23(31)27-10-8-16(9-11-27)19-14-29-22(25-19)34-20(26-29)17-4-6-18(7-5-17)21(30)28(24)12-13-32-3/h4-7,14-16H,8-13,24H2,1-3H3. The fourth-order valence-corrected chi connectivity index (χ4v) is 4.77. The molecule has 4 rings (SSSR count). The van der Waals surface area contributed by atoms with E-state index < -0.39 is 0 Å². The molecule has 34 heavy (non-hydrogen) atoms. The third-order valence-electron chi connectivity index (χ3n) is 5.75. The van der Waals surface area contributed by atoms with Crippen molar-refractivity contribution in [2.45, 2.75) is 38.7 Å². The summed E-state index contributed by atoms with van der Waals surface area (Å²) in [6.45, 7) is 5.74. The lowest BCUT2D eigenvalue weighted by atomic mass is 9.94. The number of aromatic nitrogens is 3. The summed E-state index contributed by atoms with van der Waals surface area (Å²) in [6.07, 6.45) is 3.32. The highest BCUT2D eigenvalue weighted by Crippen LogP contribution is 2.31. The van der Waals surface area contributed by atoms with Gasteiger partial charge in [0.25, 0.3) is 5.91 Å². The molecule has 3 heterocycles. The molecule has 0 spiro atoms. The average molecular weight is 487 g/mol. The smallest absolute Gasteiger partial charge is 0.410 e. The number of nitrogens with two attached hydrogens (primary N) is 1. The van der Waals surface area contributed by atoms with Crippen LogP contribution < -0.4 is 5.84 Å². The number of benzene rings is 1. The summed E-state index contributed by atoms with van der Waals surface area (Å²) in [6, 6.07) is 7.22. The van der Waals surface area contributed by atoms with Gasteiger partial charge in [0.1, 0.15) is 5.01 Å². The van der Waals surface area contributed by atoms with Crippen LogP contribution in [-0.4, -0.2) is 76.0 Å². The summed E-state index contributed by atoms with van der Waals surface area (Å²) >= 11 is 1.50. The van der Waals surface area contributed by atoms with Crippen LogP contribution >= 0.6 is 11.3 Å². The largest absolute Gasteiger partial charge is 0.447 e. The van der Waals surface area contributed by atoms with E-state index in [0.29, 0.717) is 37.7 Å². The van der Waals surface area contributed by atoms with Gasteiger partial charge in [0, 0.05) is 37.2 Å². The molecule has 11 heteroatoms. The zero-order chi connectivity index (χ0) is 24.2. The summed E-state index contributed by atoms with van der Waals surface area (Å²) in [5.74, 6) is 5.83. The number of hydrazine groups is 1. The second kappa shape index (κ2) is 10.5. The quantitative estimate of drug-likeness (QED) is 0.310. The summed E-state index contributed by atoms with van der Waals surface area (Å²) in [5, 5.41) is 6.65. The maximum absolute atomic E-state index is 12.4. The van der Waals surface area contributed by atoms with Gasteiger partial charge in [-0.15, -0.1) is 0 Å². The minimum atomic E-state index is -0.259. The number of hydrogen-bond donors (Lipinski definition) is 1. The van der Waals surface area contributed by atoms with E-state index in [9.17, 15) is 9.59 Å². The van der Waals surface area contributed by atoms with Crippen LogP contribution in [0.2, 0.25) is 0 Å². The Labute approximate surface area is 202 Å². The molecule has 1 aliphatic heterocycles. The van der Waals surface area contributed by atoms with Gasteiger partial charge in [-0.25, -0.2) is 20.1 Å². The first-order valence-corrected chi connectivity index (χ1v) is 12.1. The first-order chi connectivity index (χ1) is 16.4. The lowest BCUT2D eigenvalue weighted by Gasteiger charge is -2.31. The van der Waals surface area contributed by atoms with Crippen molar-refractivity contribution in [1.82, 2.24) is 24.5 Å². The molecule has 1 aliphatic rings. The minimum absolute atomic E-state index is 0.113. The van der Waals surface area contributed by atoms with Gasteiger partial charge in [-0.1, -0.05) is 23.5 Å². The van der Waals surface area contributed by atoms with Crippen LogP contribution in [0.4, 0.5) is 4.79 Å². The molecule has 0 radical (unpaired) electrons. The van der Waals surface area contributed by atoms with Gasteiger partial charge in [-0.3, -0.25) is 9.80 Å². The van der Waals surface area contributed by atoms with Crippen LogP contribution in [0.25, 0.3) is 15.5 Å². The Bertz CT molecular complexity index is 1100. The fraction of sp³-hybridized carbons (Fsp3) is 0.478. The molecule has 3 aromatic rings. The third-order valence-corrected chi connectivity index (χ3v) is 6.72. The molecule has 1 aromatic carbocycles. The molecule has 0 bridgehead atoms. The zero-order valence-electron chi connectivity index (χ0n) is 19.6. The summed E-state index contributed by atoms with van der Waals surface area (Å²) in [5.41, 5.74) is 2.42. The van der Waals surface area contributed by atoms with Gasteiger partial charge >= 0.3 is 6.09 Å². The van der Waals surface area contributed by atoms with Crippen molar-refractivity contribution >= 4 is 28.3 Å². The number of imidazole rings is 1. The predicted octanol–water partition coefficient (Wildman–Crippen LogP) is 3.14. The Morgan fingerprint density at radius 3 is 2.56 bits per heavy atom. The predicted molar refractivity (Wildman–Crippen MR) is 129 cm³/mol. The Kier molecular flexibility index (Phi) is 7.44. The molecular weight excluding hydrogens is 456 g/mol. The van der Waals surface area contributed by atoms with Gasteiger partial charge in [0.15, 0.2) is 0 Å². The number of amides is 2. The van der Waals surface area contributed by atoms with Crippen molar-refractivity contribution in [3.05, 3.63) is 41.7 Å². The van der Waals surface area contributed by atoms with Gasteiger partial charge in [-0.2, -0.15) is 5.10 Å². The van der Waals surface area contributed by atoms with Gasteiger partial charge in [0.2, 0.25) is 4.96 Å². The van der Waals surface area contributed by atoms with Crippen LogP contribution in [0.15, 0.2) is 30.5 Å². The van der Waals surface area contributed by atoms with E-state index >= 15 is 0 Å². The summed E-state index contributed by atoms with van der Waals surface area (Å²) < 4.78 is 12.1. The van der Waals surface area contributed by atoms with E-state index in [-0.39, 0.29) is 18.1 Å².